The summed E-state index contributed by atoms with van der Waals surface area (Å²) in [5.74, 6) is 0.0351. The molecule has 0 aliphatic rings. The Hall–Kier alpha value is -1.39. The van der Waals surface area contributed by atoms with Gasteiger partial charge in [0.05, 0.1) is 12.6 Å². The van der Waals surface area contributed by atoms with Crippen molar-refractivity contribution in [1.29, 1.82) is 0 Å². The topological polar surface area (TPSA) is 58.4 Å². The van der Waals surface area contributed by atoms with Gasteiger partial charge in [-0.25, -0.2) is 0 Å². The molecule has 0 heterocycles. The van der Waals surface area contributed by atoms with E-state index in [2.05, 4.69) is 43.4 Å². The van der Waals surface area contributed by atoms with Crippen LogP contribution in [0.25, 0.3) is 0 Å². The summed E-state index contributed by atoms with van der Waals surface area (Å²) in [6, 6.07) is 8.60. The lowest BCUT2D eigenvalue weighted by Crippen LogP contribution is -2.44. The summed E-state index contributed by atoms with van der Waals surface area (Å²) in [7, 11) is 1.96. The van der Waals surface area contributed by atoms with Crippen LogP contribution in [-0.4, -0.2) is 36.5 Å². The number of rotatable bonds is 7. The van der Waals surface area contributed by atoms with Crippen LogP contribution >= 0.6 is 0 Å². The Morgan fingerprint density at radius 3 is 2.33 bits per heavy atom. The zero-order valence-corrected chi connectivity index (χ0v) is 13.9. The second-order valence-electron chi connectivity index (χ2n) is 6.06. The Morgan fingerprint density at radius 1 is 1.29 bits per heavy atom. The van der Waals surface area contributed by atoms with Gasteiger partial charge in [-0.2, -0.15) is 0 Å². The Kier molecular flexibility index (Phi) is 6.85. The summed E-state index contributed by atoms with van der Waals surface area (Å²) in [6.45, 7) is 8.43. The molecule has 1 amide bonds. The Morgan fingerprint density at radius 2 is 1.86 bits per heavy atom. The molecule has 0 aliphatic heterocycles. The van der Waals surface area contributed by atoms with Crippen LogP contribution in [0, 0.1) is 6.92 Å². The highest BCUT2D eigenvalue weighted by Crippen LogP contribution is 2.24. The molecule has 2 unspecified atom stereocenters. The van der Waals surface area contributed by atoms with Crippen molar-refractivity contribution in [2.75, 3.05) is 13.6 Å². The maximum absolute atomic E-state index is 12.0. The second-order valence-corrected chi connectivity index (χ2v) is 6.06. The monoisotopic (exact) mass is 291 g/mol. The number of aryl methyl sites for hydroxylation is 1. The fraction of sp³-hybridized carbons (Fsp3) is 0.588. The third kappa shape index (κ3) is 5.48. The molecule has 0 spiro atoms. The van der Waals surface area contributed by atoms with E-state index < -0.39 is 0 Å². The first kappa shape index (κ1) is 17.7. The van der Waals surface area contributed by atoms with Gasteiger partial charge in [0.25, 0.3) is 0 Å². The van der Waals surface area contributed by atoms with Gasteiger partial charge in [-0.3, -0.25) is 9.69 Å². The molecule has 118 valence electrons. The van der Waals surface area contributed by atoms with Crippen LogP contribution in [0.2, 0.25) is 0 Å². The second kappa shape index (κ2) is 8.15. The van der Waals surface area contributed by atoms with Crippen molar-refractivity contribution < 1.29 is 4.79 Å². The largest absolute Gasteiger partial charge is 0.353 e. The van der Waals surface area contributed by atoms with Crippen LogP contribution < -0.4 is 11.1 Å². The normalized spacial score (nSPS) is 14.3. The van der Waals surface area contributed by atoms with Gasteiger partial charge in [0, 0.05) is 12.1 Å². The molecule has 4 heteroatoms. The van der Waals surface area contributed by atoms with Crippen LogP contribution in [0.1, 0.15) is 44.4 Å². The predicted molar refractivity (Wildman–Crippen MR) is 88.1 cm³/mol. The number of nitrogens with two attached hydrogens (primary N) is 1. The number of hydrogen-bond donors (Lipinski definition) is 2. The van der Waals surface area contributed by atoms with Crippen LogP contribution in [0.15, 0.2) is 24.3 Å². The van der Waals surface area contributed by atoms with Crippen molar-refractivity contribution in [3.05, 3.63) is 35.4 Å². The van der Waals surface area contributed by atoms with Gasteiger partial charge >= 0.3 is 0 Å². The zero-order valence-electron chi connectivity index (χ0n) is 13.9. The molecule has 0 saturated heterocycles. The molecule has 0 aromatic heterocycles. The third-order valence-corrected chi connectivity index (χ3v) is 3.61. The van der Waals surface area contributed by atoms with E-state index in [0.29, 0.717) is 6.54 Å². The average Bonchev–Trinajstić information content (AvgIpc) is 2.39. The van der Waals surface area contributed by atoms with E-state index in [9.17, 15) is 4.79 Å². The fourth-order valence-corrected chi connectivity index (χ4v) is 2.51. The minimum Gasteiger partial charge on any atom is -0.353 e. The van der Waals surface area contributed by atoms with Gasteiger partial charge in [-0.1, -0.05) is 36.8 Å². The van der Waals surface area contributed by atoms with Crippen molar-refractivity contribution in [1.82, 2.24) is 10.2 Å². The van der Waals surface area contributed by atoms with Crippen molar-refractivity contribution >= 4 is 5.91 Å². The molecule has 0 saturated carbocycles. The molecule has 0 fully saturated rings. The zero-order chi connectivity index (χ0) is 16.0. The molecule has 1 aromatic rings. The lowest BCUT2D eigenvalue weighted by Gasteiger charge is -2.32. The lowest BCUT2D eigenvalue weighted by atomic mass is 9.96. The third-order valence-electron chi connectivity index (χ3n) is 3.61. The van der Waals surface area contributed by atoms with Crippen molar-refractivity contribution in [3.8, 4) is 0 Å². The highest BCUT2D eigenvalue weighted by molar-refractivity contribution is 5.78. The number of nitrogens with one attached hydrogen (secondary N) is 1. The number of carbonyl (C=O) groups is 1. The summed E-state index contributed by atoms with van der Waals surface area (Å²) in [5, 5.41) is 2.92. The van der Waals surface area contributed by atoms with Crippen molar-refractivity contribution in [2.24, 2.45) is 5.73 Å². The summed E-state index contributed by atoms with van der Waals surface area (Å²) < 4.78 is 0. The molecule has 1 aromatic carbocycles. The van der Waals surface area contributed by atoms with Crippen LogP contribution in [0.4, 0.5) is 0 Å². The first-order valence-electron chi connectivity index (χ1n) is 7.66. The number of amides is 1. The predicted octanol–water partition coefficient (Wildman–Crippen LogP) is 2.23. The van der Waals surface area contributed by atoms with E-state index in [1.165, 1.54) is 5.56 Å². The van der Waals surface area contributed by atoms with Crippen LogP contribution in [0.5, 0.6) is 0 Å². The molecule has 21 heavy (non-hydrogen) atoms. The number of likely N-dealkylation sites (N-methyl/N-ethyl adjacent to an activating group) is 1. The minimum atomic E-state index is 0.00422. The molecule has 1 rings (SSSR count). The molecule has 0 bridgehead atoms. The molecular weight excluding hydrogens is 262 g/mol. The van der Waals surface area contributed by atoms with Gasteiger partial charge in [0.1, 0.15) is 0 Å². The maximum atomic E-state index is 12.0. The number of benzene rings is 1. The first-order chi connectivity index (χ1) is 9.85. The Labute approximate surface area is 128 Å². The summed E-state index contributed by atoms with van der Waals surface area (Å²) in [4.78, 5) is 14.0. The highest BCUT2D eigenvalue weighted by atomic mass is 16.2. The maximum Gasteiger partial charge on any atom is 0.234 e. The number of carbonyl (C=O) groups excluding carboxylic acids is 1. The van der Waals surface area contributed by atoms with E-state index >= 15 is 0 Å². The van der Waals surface area contributed by atoms with E-state index in [4.69, 9.17) is 5.73 Å². The van der Waals surface area contributed by atoms with Gasteiger partial charge in [0.2, 0.25) is 5.91 Å². The van der Waals surface area contributed by atoms with Gasteiger partial charge in [0.15, 0.2) is 0 Å². The fourth-order valence-electron chi connectivity index (χ4n) is 2.51. The molecule has 0 radical (unpaired) electrons. The van der Waals surface area contributed by atoms with Crippen LogP contribution in [-0.2, 0) is 4.79 Å². The Bertz CT molecular complexity index is 442. The molecule has 4 nitrogen and oxygen atoms in total. The summed E-state index contributed by atoms with van der Waals surface area (Å²) >= 11 is 0. The molecule has 2 atom stereocenters. The van der Waals surface area contributed by atoms with E-state index in [-0.39, 0.29) is 24.0 Å². The molecule has 3 N–H and O–H groups in total. The molecule has 0 aliphatic carbocycles. The Balaban J connectivity index is 2.87. The van der Waals surface area contributed by atoms with E-state index in [0.717, 1.165) is 12.0 Å². The van der Waals surface area contributed by atoms with Gasteiger partial charge in [-0.05, 0) is 39.8 Å². The van der Waals surface area contributed by atoms with Crippen LogP contribution in [0.3, 0.4) is 0 Å². The van der Waals surface area contributed by atoms with Gasteiger partial charge in [-0.15, -0.1) is 0 Å². The summed E-state index contributed by atoms with van der Waals surface area (Å²) in [6.07, 6.45) is 0.870. The highest BCUT2D eigenvalue weighted by Gasteiger charge is 2.24. The molecular formula is C17H29N3O. The number of nitrogens with zero attached hydrogens (tertiary/aromatic N) is 1. The van der Waals surface area contributed by atoms with Gasteiger partial charge < -0.3 is 11.1 Å². The average molecular weight is 291 g/mol. The van der Waals surface area contributed by atoms with E-state index in [1.807, 2.05) is 25.8 Å². The number of hydrogen-bond acceptors (Lipinski definition) is 3. The minimum absolute atomic E-state index is 0.00422. The smallest absolute Gasteiger partial charge is 0.234 e. The summed E-state index contributed by atoms with van der Waals surface area (Å²) in [5.41, 5.74) is 8.68. The quantitative estimate of drug-likeness (QED) is 0.810. The first-order valence-corrected chi connectivity index (χ1v) is 7.66. The standard InChI is InChI=1S/C17H29N3O/c1-6-15(18)17(14-9-7-13(4)8-10-14)20(5)11-16(21)19-12(2)3/h7-10,12,15,17H,6,11,18H2,1-5H3,(H,19,21). The lowest BCUT2D eigenvalue weighted by molar-refractivity contribution is -0.123. The van der Waals surface area contributed by atoms with E-state index in [1.54, 1.807) is 0 Å². The SMILES string of the molecule is CCC(N)C(c1ccc(C)cc1)N(C)CC(=O)NC(C)C. The van der Waals surface area contributed by atoms with Crippen molar-refractivity contribution in [2.45, 2.75) is 52.2 Å². The van der Waals surface area contributed by atoms with Crippen molar-refractivity contribution in [3.63, 3.8) is 0 Å².